The van der Waals surface area contributed by atoms with Crippen LogP contribution in [0.1, 0.15) is 77.6 Å². The van der Waals surface area contributed by atoms with Crippen molar-refractivity contribution in [3.8, 4) is 11.8 Å². The summed E-state index contributed by atoms with van der Waals surface area (Å²) in [5.74, 6) is 0.152. The first-order valence-corrected chi connectivity index (χ1v) is 8.51. The molecule has 21 heavy (non-hydrogen) atoms. The smallest absolute Gasteiger partial charge is 0.198 e. The molecule has 0 saturated carbocycles. The molecule has 0 fully saturated rings. The zero-order valence-electron chi connectivity index (χ0n) is 13.4. The quantitative estimate of drug-likeness (QED) is 0.487. The van der Waals surface area contributed by atoms with Crippen LogP contribution in [-0.2, 0) is 0 Å². The molecule has 0 bridgehead atoms. The van der Waals surface area contributed by atoms with E-state index in [-0.39, 0.29) is 11.8 Å². The second kappa shape index (κ2) is 11.3. The Morgan fingerprint density at radius 2 is 1.29 bits per heavy atom. The highest BCUT2D eigenvalue weighted by Gasteiger charge is 2.00. The van der Waals surface area contributed by atoms with Crippen LogP contribution < -0.4 is 0 Å². The van der Waals surface area contributed by atoms with Gasteiger partial charge in [0.1, 0.15) is 0 Å². The lowest BCUT2D eigenvalue weighted by atomic mass is 10.1. The predicted octanol–water partition coefficient (Wildman–Crippen LogP) is 5.68. The number of hydrogen-bond donors (Lipinski definition) is 2. The van der Waals surface area contributed by atoms with Crippen LogP contribution in [0.3, 0.4) is 0 Å². The molecule has 3 heteroatoms. The van der Waals surface area contributed by atoms with Gasteiger partial charge in [-0.25, -0.2) is 0 Å². The lowest BCUT2D eigenvalue weighted by Crippen LogP contribution is -1.84. The van der Waals surface area contributed by atoms with Gasteiger partial charge in [0.05, 0.1) is 0 Å². The first-order chi connectivity index (χ1) is 10.3. The minimum Gasteiger partial charge on any atom is -0.494 e. The number of unbranched alkanes of at least 4 members (excludes halogenated alkanes) is 10. The Kier molecular flexibility index (Phi) is 9.51. The number of hydrogen-bond acceptors (Lipinski definition) is 2. The van der Waals surface area contributed by atoms with Crippen molar-refractivity contribution in [2.75, 3.05) is 0 Å². The molecule has 1 rings (SSSR count). The molecule has 2 N–H and O–H groups in total. The van der Waals surface area contributed by atoms with Gasteiger partial charge in [0, 0.05) is 18.3 Å². The lowest BCUT2D eigenvalue weighted by molar-refractivity contribution is 0.407. The van der Waals surface area contributed by atoms with Crippen LogP contribution in [0.5, 0.6) is 11.8 Å². The van der Waals surface area contributed by atoms with E-state index in [0.29, 0.717) is 0 Å². The van der Waals surface area contributed by atoms with E-state index in [2.05, 4.69) is 6.92 Å². The van der Waals surface area contributed by atoms with E-state index >= 15 is 0 Å². The van der Waals surface area contributed by atoms with Crippen LogP contribution in [0.4, 0.5) is 0 Å². The van der Waals surface area contributed by atoms with Crippen LogP contribution in [-0.4, -0.2) is 14.8 Å². The number of aromatic nitrogens is 1. The van der Waals surface area contributed by atoms with Gasteiger partial charge in [0.15, 0.2) is 11.8 Å². The molecule has 1 aromatic heterocycles. The van der Waals surface area contributed by atoms with Crippen LogP contribution in [0.15, 0.2) is 18.2 Å². The molecule has 0 spiro atoms. The Hall–Kier alpha value is -1.38. The summed E-state index contributed by atoms with van der Waals surface area (Å²) in [6.07, 6.45) is 18.1. The van der Waals surface area contributed by atoms with Crippen LogP contribution in [0, 0.1) is 0 Å². The van der Waals surface area contributed by atoms with Crippen molar-refractivity contribution < 1.29 is 10.2 Å². The van der Waals surface area contributed by atoms with Gasteiger partial charge in [-0.15, -0.1) is 0 Å². The number of allylic oxidation sites excluding steroid dienone is 1. The minimum atomic E-state index is 0.0758. The zero-order valence-corrected chi connectivity index (χ0v) is 13.4. The highest BCUT2D eigenvalue weighted by atomic mass is 16.3. The summed E-state index contributed by atoms with van der Waals surface area (Å²) in [6.45, 7) is 2.26. The third-order valence-electron chi connectivity index (χ3n) is 3.85. The lowest BCUT2D eigenvalue weighted by Gasteiger charge is -2.01. The number of aromatic hydroxyl groups is 2. The summed E-state index contributed by atoms with van der Waals surface area (Å²) in [4.78, 5) is 0. The highest BCUT2D eigenvalue weighted by molar-refractivity contribution is 5.38. The van der Waals surface area contributed by atoms with E-state index in [0.717, 1.165) is 6.42 Å². The van der Waals surface area contributed by atoms with Crippen LogP contribution >= 0.6 is 0 Å². The van der Waals surface area contributed by atoms with E-state index in [1.54, 1.807) is 6.20 Å². The molecule has 0 aliphatic heterocycles. The van der Waals surface area contributed by atoms with Crippen molar-refractivity contribution in [3.05, 3.63) is 18.2 Å². The van der Waals surface area contributed by atoms with Crippen molar-refractivity contribution >= 4 is 6.20 Å². The van der Waals surface area contributed by atoms with E-state index in [1.807, 2.05) is 6.08 Å². The van der Waals surface area contributed by atoms with Gasteiger partial charge in [-0.1, -0.05) is 70.8 Å². The summed E-state index contributed by atoms with van der Waals surface area (Å²) < 4.78 is 1.39. The maximum atomic E-state index is 9.46. The van der Waals surface area contributed by atoms with Crippen molar-refractivity contribution in [2.45, 2.75) is 77.6 Å². The maximum Gasteiger partial charge on any atom is 0.198 e. The Morgan fingerprint density at radius 1 is 0.810 bits per heavy atom. The third kappa shape index (κ3) is 7.84. The van der Waals surface area contributed by atoms with Crippen molar-refractivity contribution in [3.63, 3.8) is 0 Å². The molecule has 0 atom stereocenters. The molecule has 0 aromatic carbocycles. The van der Waals surface area contributed by atoms with Crippen molar-refractivity contribution in [1.29, 1.82) is 0 Å². The summed E-state index contributed by atoms with van der Waals surface area (Å²) in [5.41, 5.74) is 0. The maximum absolute atomic E-state index is 9.46. The van der Waals surface area contributed by atoms with E-state index in [9.17, 15) is 10.2 Å². The molecule has 0 aliphatic carbocycles. The SMILES string of the molecule is CCCCCCCCCCCCC=Cn1c(O)ccc1O. The van der Waals surface area contributed by atoms with Gasteiger partial charge in [-0.3, -0.25) is 4.57 Å². The number of nitrogens with zero attached hydrogens (tertiary/aromatic N) is 1. The van der Waals surface area contributed by atoms with E-state index in [1.165, 1.54) is 80.9 Å². The monoisotopic (exact) mass is 293 g/mol. The molecule has 0 saturated heterocycles. The van der Waals surface area contributed by atoms with Gasteiger partial charge in [-0.05, 0) is 12.8 Å². The van der Waals surface area contributed by atoms with E-state index < -0.39 is 0 Å². The fraction of sp³-hybridized carbons (Fsp3) is 0.667. The minimum absolute atomic E-state index is 0.0758. The Bertz CT molecular complexity index is 376. The average molecular weight is 293 g/mol. The topological polar surface area (TPSA) is 45.4 Å². The normalized spacial score (nSPS) is 11.5. The van der Waals surface area contributed by atoms with Gasteiger partial charge in [-0.2, -0.15) is 0 Å². The van der Waals surface area contributed by atoms with Gasteiger partial charge >= 0.3 is 0 Å². The number of rotatable bonds is 12. The van der Waals surface area contributed by atoms with Crippen molar-refractivity contribution in [2.24, 2.45) is 0 Å². The molecular formula is C18H31NO2. The Balaban J connectivity index is 1.93. The second-order valence-corrected chi connectivity index (χ2v) is 5.78. The van der Waals surface area contributed by atoms with Crippen LogP contribution in [0.2, 0.25) is 0 Å². The second-order valence-electron chi connectivity index (χ2n) is 5.78. The summed E-state index contributed by atoms with van der Waals surface area (Å²) in [6, 6.07) is 2.97. The standard InChI is InChI=1S/C18H31NO2/c1-2-3-4-5-6-7-8-9-10-11-12-13-16-19-17(20)14-15-18(19)21/h13-16,20-21H,2-12H2,1H3. The molecule has 1 heterocycles. The average Bonchev–Trinajstić information content (AvgIpc) is 2.80. The van der Waals surface area contributed by atoms with Gasteiger partial charge in [0.2, 0.25) is 0 Å². The molecule has 1 aromatic rings. The zero-order chi connectivity index (χ0) is 15.3. The molecular weight excluding hydrogens is 262 g/mol. The predicted molar refractivity (Wildman–Crippen MR) is 89.6 cm³/mol. The third-order valence-corrected chi connectivity index (χ3v) is 3.85. The Labute approximate surface area is 129 Å². The summed E-state index contributed by atoms with van der Waals surface area (Å²) >= 11 is 0. The van der Waals surface area contributed by atoms with Crippen LogP contribution in [0.25, 0.3) is 6.20 Å². The first kappa shape index (κ1) is 17.7. The van der Waals surface area contributed by atoms with E-state index in [4.69, 9.17) is 0 Å². The van der Waals surface area contributed by atoms with Gasteiger partial charge in [0.25, 0.3) is 0 Å². The summed E-state index contributed by atoms with van der Waals surface area (Å²) in [7, 11) is 0. The molecule has 120 valence electrons. The summed E-state index contributed by atoms with van der Waals surface area (Å²) in [5, 5.41) is 18.9. The van der Waals surface area contributed by atoms with Crippen molar-refractivity contribution in [1.82, 2.24) is 4.57 Å². The fourth-order valence-corrected chi connectivity index (χ4v) is 2.51. The first-order valence-electron chi connectivity index (χ1n) is 8.51. The Morgan fingerprint density at radius 3 is 1.81 bits per heavy atom. The molecule has 0 aliphatic rings. The molecule has 0 radical (unpaired) electrons. The fourth-order valence-electron chi connectivity index (χ4n) is 2.51. The largest absolute Gasteiger partial charge is 0.494 e. The molecule has 3 nitrogen and oxygen atoms in total. The molecule has 0 amide bonds. The molecule has 0 unspecified atom stereocenters. The van der Waals surface area contributed by atoms with Gasteiger partial charge < -0.3 is 10.2 Å². The highest BCUT2D eigenvalue weighted by Crippen LogP contribution is 2.21.